The fourth-order valence-electron chi connectivity index (χ4n) is 2.67. The van der Waals surface area contributed by atoms with Gasteiger partial charge in [-0.15, -0.1) is 0 Å². The zero-order valence-corrected chi connectivity index (χ0v) is 17.7. The average Bonchev–Trinajstić information content (AvgIpc) is 2.66. The van der Waals surface area contributed by atoms with Gasteiger partial charge in [0.1, 0.15) is 5.25 Å². The molecule has 2 aromatic carbocycles. The molecule has 1 heterocycles. The van der Waals surface area contributed by atoms with Gasteiger partial charge in [-0.05, 0) is 55.8 Å². The lowest BCUT2D eigenvalue weighted by molar-refractivity contribution is -0.129. The van der Waals surface area contributed by atoms with Crippen molar-refractivity contribution < 1.29 is 9.59 Å². The number of hydrogen-bond acceptors (Lipinski definition) is 4. The van der Waals surface area contributed by atoms with Crippen LogP contribution in [0.25, 0.3) is 0 Å². The summed E-state index contributed by atoms with van der Waals surface area (Å²) in [5, 5.41) is 3.95. The maximum Gasteiger partial charge on any atom is 0.238 e. The molecule has 1 unspecified atom stereocenters. The molecule has 146 valence electrons. The van der Waals surface area contributed by atoms with Crippen molar-refractivity contribution in [1.29, 1.82) is 0 Å². The van der Waals surface area contributed by atoms with E-state index in [0.717, 1.165) is 5.56 Å². The SMILES string of the molecule is CCN1C(=O)CC(C(=O)Nc2ccc(Cl)cc2)SC1=Nc1ccc(C)c(Cl)c1. The third-order valence-electron chi connectivity index (χ3n) is 4.24. The van der Waals surface area contributed by atoms with Crippen LogP contribution in [0.1, 0.15) is 18.9 Å². The Hall–Kier alpha value is -2.02. The summed E-state index contributed by atoms with van der Waals surface area (Å²) in [7, 11) is 0. The van der Waals surface area contributed by atoms with Crippen LogP contribution in [0.4, 0.5) is 11.4 Å². The normalized spacial score (nSPS) is 18.4. The van der Waals surface area contributed by atoms with Gasteiger partial charge in [0.25, 0.3) is 0 Å². The molecule has 0 spiro atoms. The largest absolute Gasteiger partial charge is 0.325 e. The minimum Gasteiger partial charge on any atom is -0.325 e. The van der Waals surface area contributed by atoms with Gasteiger partial charge in [0.2, 0.25) is 11.8 Å². The number of thioether (sulfide) groups is 1. The number of aliphatic imine (C=N–C) groups is 1. The van der Waals surface area contributed by atoms with Crippen LogP contribution in [0.5, 0.6) is 0 Å². The van der Waals surface area contributed by atoms with Crippen molar-refractivity contribution in [3.05, 3.63) is 58.1 Å². The maximum absolute atomic E-state index is 12.7. The Labute approximate surface area is 178 Å². The molecule has 1 saturated heterocycles. The van der Waals surface area contributed by atoms with Crippen LogP contribution in [-0.2, 0) is 9.59 Å². The number of nitrogens with one attached hydrogen (secondary N) is 1. The van der Waals surface area contributed by atoms with Crippen LogP contribution < -0.4 is 5.32 Å². The number of carbonyl (C=O) groups is 2. The summed E-state index contributed by atoms with van der Waals surface area (Å²) in [6.07, 6.45) is 0.117. The highest BCUT2D eigenvalue weighted by atomic mass is 35.5. The van der Waals surface area contributed by atoms with E-state index in [1.165, 1.54) is 11.8 Å². The fourth-order valence-corrected chi connectivity index (χ4v) is 4.13. The van der Waals surface area contributed by atoms with E-state index in [9.17, 15) is 9.59 Å². The third-order valence-corrected chi connectivity index (χ3v) is 6.09. The molecule has 5 nitrogen and oxygen atoms in total. The molecule has 0 radical (unpaired) electrons. The van der Waals surface area contributed by atoms with Gasteiger partial charge in [-0.25, -0.2) is 4.99 Å². The van der Waals surface area contributed by atoms with E-state index in [4.69, 9.17) is 23.2 Å². The van der Waals surface area contributed by atoms with E-state index in [1.54, 1.807) is 35.2 Å². The number of rotatable bonds is 4. The summed E-state index contributed by atoms with van der Waals surface area (Å²) in [5.41, 5.74) is 2.22. The summed E-state index contributed by atoms with van der Waals surface area (Å²) in [4.78, 5) is 31.4. The Morgan fingerprint density at radius 1 is 1.25 bits per heavy atom. The number of aryl methyl sites for hydroxylation is 1. The highest BCUT2D eigenvalue weighted by molar-refractivity contribution is 8.15. The summed E-state index contributed by atoms with van der Waals surface area (Å²) in [5.74, 6) is -0.375. The Kier molecular flexibility index (Phi) is 6.65. The van der Waals surface area contributed by atoms with E-state index >= 15 is 0 Å². The Morgan fingerprint density at radius 3 is 2.61 bits per heavy atom. The second-order valence-electron chi connectivity index (χ2n) is 6.27. The molecule has 8 heteroatoms. The monoisotopic (exact) mass is 435 g/mol. The summed E-state index contributed by atoms with van der Waals surface area (Å²) in [6.45, 7) is 4.27. The van der Waals surface area contributed by atoms with E-state index in [2.05, 4.69) is 10.3 Å². The first-order valence-corrected chi connectivity index (χ1v) is 10.4. The van der Waals surface area contributed by atoms with E-state index < -0.39 is 5.25 Å². The summed E-state index contributed by atoms with van der Waals surface area (Å²) in [6, 6.07) is 12.3. The van der Waals surface area contributed by atoms with E-state index in [0.29, 0.717) is 33.1 Å². The lowest BCUT2D eigenvalue weighted by Gasteiger charge is -2.30. The molecule has 2 aromatic rings. The van der Waals surface area contributed by atoms with Crippen LogP contribution in [0.15, 0.2) is 47.5 Å². The number of hydrogen-bond donors (Lipinski definition) is 1. The molecule has 28 heavy (non-hydrogen) atoms. The highest BCUT2D eigenvalue weighted by Crippen LogP contribution is 2.31. The van der Waals surface area contributed by atoms with Gasteiger partial charge in [-0.3, -0.25) is 14.5 Å². The number of halogens is 2. The molecule has 1 N–H and O–H groups in total. The molecule has 0 aromatic heterocycles. The van der Waals surface area contributed by atoms with Crippen molar-refractivity contribution in [1.82, 2.24) is 4.90 Å². The summed E-state index contributed by atoms with van der Waals surface area (Å²) >= 11 is 13.3. The van der Waals surface area contributed by atoms with Crippen molar-refractivity contribution >= 4 is 63.3 Å². The standard InChI is InChI=1S/C20H19Cl2N3O2S/c1-3-25-18(26)11-17(19(27)23-14-8-5-13(21)6-9-14)28-20(25)24-15-7-4-12(2)16(22)10-15/h4-10,17H,3,11H2,1-2H3,(H,23,27). The first-order chi connectivity index (χ1) is 13.4. The topological polar surface area (TPSA) is 61.8 Å². The van der Waals surface area contributed by atoms with Crippen LogP contribution in [-0.4, -0.2) is 33.7 Å². The van der Waals surface area contributed by atoms with Crippen LogP contribution in [0, 0.1) is 6.92 Å². The number of carbonyl (C=O) groups excluding carboxylic acids is 2. The number of amides is 2. The fraction of sp³-hybridized carbons (Fsp3) is 0.250. The Balaban J connectivity index is 1.82. The predicted molar refractivity (Wildman–Crippen MR) is 117 cm³/mol. The van der Waals surface area contributed by atoms with Gasteiger partial charge in [0.15, 0.2) is 5.17 Å². The van der Waals surface area contributed by atoms with Crippen LogP contribution in [0.3, 0.4) is 0 Å². The quantitative estimate of drug-likeness (QED) is 0.709. The number of anilines is 1. The minimum atomic E-state index is -0.564. The molecule has 0 saturated carbocycles. The van der Waals surface area contributed by atoms with Gasteiger partial charge in [-0.1, -0.05) is 41.0 Å². The number of nitrogens with zero attached hydrogens (tertiary/aromatic N) is 2. The van der Waals surface area contributed by atoms with Crippen LogP contribution >= 0.6 is 35.0 Å². The number of amidine groups is 1. The van der Waals surface area contributed by atoms with E-state index in [-0.39, 0.29) is 18.2 Å². The lowest BCUT2D eigenvalue weighted by atomic mass is 10.2. The Bertz CT molecular complexity index is 932. The molecule has 2 amide bonds. The highest BCUT2D eigenvalue weighted by Gasteiger charge is 2.35. The van der Waals surface area contributed by atoms with Gasteiger partial charge in [-0.2, -0.15) is 0 Å². The predicted octanol–water partition coefficient (Wildman–Crippen LogP) is 5.28. The number of benzene rings is 2. The zero-order chi connectivity index (χ0) is 20.3. The maximum atomic E-state index is 12.7. The van der Waals surface area contributed by atoms with Crippen molar-refractivity contribution in [2.75, 3.05) is 11.9 Å². The van der Waals surface area contributed by atoms with Crippen molar-refractivity contribution in [2.24, 2.45) is 4.99 Å². The molecule has 1 atom stereocenters. The zero-order valence-electron chi connectivity index (χ0n) is 15.4. The second-order valence-corrected chi connectivity index (χ2v) is 8.29. The van der Waals surface area contributed by atoms with Crippen molar-refractivity contribution in [2.45, 2.75) is 25.5 Å². The molecule has 3 rings (SSSR count). The molecule has 1 aliphatic heterocycles. The third kappa shape index (κ3) is 4.87. The van der Waals surface area contributed by atoms with E-state index in [1.807, 2.05) is 26.0 Å². The molecule has 0 aliphatic carbocycles. The molecule has 1 aliphatic rings. The van der Waals surface area contributed by atoms with Gasteiger partial charge in [0, 0.05) is 28.7 Å². The van der Waals surface area contributed by atoms with Gasteiger partial charge < -0.3 is 5.32 Å². The summed E-state index contributed by atoms with van der Waals surface area (Å²) < 4.78 is 0. The average molecular weight is 436 g/mol. The molecular weight excluding hydrogens is 417 g/mol. The smallest absolute Gasteiger partial charge is 0.238 e. The minimum absolute atomic E-state index is 0.117. The second kappa shape index (κ2) is 8.99. The van der Waals surface area contributed by atoms with Crippen molar-refractivity contribution in [3.63, 3.8) is 0 Å². The molecule has 0 bridgehead atoms. The van der Waals surface area contributed by atoms with Gasteiger partial charge >= 0.3 is 0 Å². The first-order valence-electron chi connectivity index (χ1n) is 8.75. The Morgan fingerprint density at radius 2 is 1.96 bits per heavy atom. The van der Waals surface area contributed by atoms with Crippen molar-refractivity contribution in [3.8, 4) is 0 Å². The lowest BCUT2D eigenvalue weighted by Crippen LogP contribution is -2.45. The van der Waals surface area contributed by atoms with Gasteiger partial charge in [0.05, 0.1) is 5.69 Å². The molecular formula is C20H19Cl2N3O2S. The first kappa shape index (κ1) is 20.7. The van der Waals surface area contributed by atoms with Crippen LogP contribution in [0.2, 0.25) is 10.0 Å². The molecule has 1 fully saturated rings.